The molecule has 13 heavy (non-hydrogen) atoms. The quantitative estimate of drug-likeness (QED) is 0.746. The van der Waals surface area contributed by atoms with E-state index in [-0.39, 0.29) is 18.0 Å². The molecule has 0 saturated carbocycles. The largest absolute Gasteiger partial charge is 0.295 e. The van der Waals surface area contributed by atoms with E-state index in [1.807, 2.05) is 0 Å². The Morgan fingerprint density at radius 2 is 2.31 bits per heavy atom. The molecule has 0 unspecified atom stereocenters. The lowest BCUT2D eigenvalue weighted by Crippen LogP contribution is -2.00. The standard InChI is InChI=1S/C10H8BrFO/c1-2-9(13)6-7-5-8(11)3-4-10(7)12/h2-5H,1,6H2. The van der Waals surface area contributed by atoms with Crippen molar-refractivity contribution < 1.29 is 9.18 Å². The first kappa shape index (κ1) is 10.1. The molecule has 0 heterocycles. The second kappa shape index (κ2) is 4.33. The number of benzene rings is 1. The first-order valence-electron chi connectivity index (χ1n) is 3.72. The van der Waals surface area contributed by atoms with Gasteiger partial charge in [-0.2, -0.15) is 0 Å². The summed E-state index contributed by atoms with van der Waals surface area (Å²) < 4.78 is 13.8. The minimum atomic E-state index is -0.363. The van der Waals surface area contributed by atoms with E-state index >= 15 is 0 Å². The Bertz CT molecular complexity index is 347. The molecule has 0 radical (unpaired) electrons. The van der Waals surface area contributed by atoms with E-state index in [2.05, 4.69) is 22.5 Å². The van der Waals surface area contributed by atoms with Gasteiger partial charge in [-0.1, -0.05) is 22.5 Å². The fourth-order valence-electron chi connectivity index (χ4n) is 0.939. The van der Waals surface area contributed by atoms with Crippen LogP contribution >= 0.6 is 15.9 Å². The third-order valence-electron chi connectivity index (χ3n) is 1.60. The van der Waals surface area contributed by atoms with Crippen LogP contribution in [0.5, 0.6) is 0 Å². The molecule has 0 aromatic heterocycles. The van der Waals surface area contributed by atoms with Gasteiger partial charge in [-0.25, -0.2) is 4.39 Å². The van der Waals surface area contributed by atoms with Crippen LogP contribution in [-0.2, 0) is 11.2 Å². The SMILES string of the molecule is C=CC(=O)Cc1cc(Br)ccc1F. The van der Waals surface area contributed by atoms with Crippen molar-refractivity contribution >= 4 is 21.7 Å². The zero-order chi connectivity index (χ0) is 9.84. The topological polar surface area (TPSA) is 17.1 Å². The molecule has 3 heteroatoms. The third kappa shape index (κ3) is 2.77. The summed E-state index contributed by atoms with van der Waals surface area (Å²) in [6, 6.07) is 4.52. The number of hydrogen-bond acceptors (Lipinski definition) is 1. The van der Waals surface area contributed by atoms with Crippen molar-refractivity contribution in [2.75, 3.05) is 0 Å². The Kier molecular flexibility index (Phi) is 3.37. The van der Waals surface area contributed by atoms with Crippen LogP contribution in [-0.4, -0.2) is 5.78 Å². The Hall–Kier alpha value is -0.960. The molecular weight excluding hydrogens is 235 g/mol. The molecule has 0 aliphatic heterocycles. The molecule has 0 saturated heterocycles. The molecule has 0 atom stereocenters. The summed E-state index contributed by atoms with van der Waals surface area (Å²) >= 11 is 3.20. The Morgan fingerprint density at radius 3 is 2.92 bits per heavy atom. The van der Waals surface area contributed by atoms with Crippen LogP contribution < -0.4 is 0 Å². The highest BCUT2D eigenvalue weighted by molar-refractivity contribution is 9.10. The van der Waals surface area contributed by atoms with E-state index in [4.69, 9.17) is 0 Å². The molecule has 0 amide bonds. The number of rotatable bonds is 3. The van der Waals surface area contributed by atoms with E-state index in [0.29, 0.717) is 5.56 Å². The number of carbonyl (C=O) groups excluding carboxylic acids is 1. The lowest BCUT2D eigenvalue weighted by Gasteiger charge is -2.00. The highest BCUT2D eigenvalue weighted by Gasteiger charge is 2.05. The van der Waals surface area contributed by atoms with Crippen molar-refractivity contribution in [2.24, 2.45) is 0 Å². The van der Waals surface area contributed by atoms with Crippen LogP contribution in [0.3, 0.4) is 0 Å². The summed E-state index contributed by atoms with van der Waals surface area (Å²) in [5.74, 6) is -0.546. The van der Waals surface area contributed by atoms with Crippen molar-refractivity contribution in [3.05, 3.63) is 46.7 Å². The molecule has 1 rings (SSSR count). The molecule has 0 aliphatic carbocycles. The van der Waals surface area contributed by atoms with Gasteiger partial charge in [-0.3, -0.25) is 4.79 Å². The fourth-order valence-corrected chi connectivity index (χ4v) is 1.35. The molecule has 1 nitrogen and oxygen atoms in total. The molecule has 0 fully saturated rings. The Labute approximate surface area is 84.4 Å². The van der Waals surface area contributed by atoms with Gasteiger partial charge in [0.05, 0.1) is 0 Å². The Morgan fingerprint density at radius 1 is 1.62 bits per heavy atom. The van der Waals surface area contributed by atoms with Gasteiger partial charge in [0, 0.05) is 10.9 Å². The summed E-state index contributed by atoms with van der Waals surface area (Å²) in [5.41, 5.74) is 0.388. The van der Waals surface area contributed by atoms with Crippen molar-refractivity contribution in [3.63, 3.8) is 0 Å². The summed E-state index contributed by atoms with van der Waals surface area (Å²) in [4.78, 5) is 10.9. The average molecular weight is 243 g/mol. The molecule has 0 N–H and O–H groups in total. The average Bonchev–Trinajstić information content (AvgIpc) is 2.11. The molecule has 1 aromatic carbocycles. The van der Waals surface area contributed by atoms with Crippen LogP contribution in [0.25, 0.3) is 0 Å². The zero-order valence-electron chi connectivity index (χ0n) is 6.89. The van der Waals surface area contributed by atoms with Crippen LogP contribution in [0, 0.1) is 5.82 Å². The lowest BCUT2D eigenvalue weighted by molar-refractivity contribution is -0.114. The maximum absolute atomic E-state index is 13.1. The van der Waals surface area contributed by atoms with Crippen LogP contribution in [0.1, 0.15) is 5.56 Å². The number of ketones is 1. The normalized spacial score (nSPS) is 9.69. The van der Waals surface area contributed by atoms with E-state index in [1.165, 1.54) is 12.1 Å². The monoisotopic (exact) mass is 242 g/mol. The highest BCUT2D eigenvalue weighted by atomic mass is 79.9. The van der Waals surface area contributed by atoms with Gasteiger partial charge in [-0.05, 0) is 29.8 Å². The zero-order valence-corrected chi connectivity index (χ0v) is 8.47. The lowest BCUT2D eigenvalue weighted by atomic mass is 10.1. The Balaban J connectivity index is 2.93. The minimum Gasteiger partial charge on any atom is -0.295 e. The molecule has 1 aromatic rings. The molecule has 0 spiro atoms. The number of carbonyl (C=O) groups is 1. The minimum absolute atomic E-state index is 0.0643. The predicted octanol–water partition coefficient (Wildman–Crippen LogP) is 2.89. The first-order chi connectivity index (χ1) is 6.13. The van der Waals surface area contributed by atoms with Gasteiger partial charge >= 0.3 is 0 Å². The maximum Gasteiger partial charge on any atom is 0.159 e. The van der Waals surface area contributed by atoms with E-state index < -0.39 is 0 Å². The van der Waals surface area contributed by atoms with Crippen molar-refractivity contribution in [3.8, 4) is 0 Å². The summed E-state index contributed by atoms with van der Waals surface area (Å²) in [6.07, 6.45) is 1.26. The van der Waals surface area contributed by atoms with Crippen LogP contribution in [0.15, 0.2) is 35.3 Å². The molecular formula is C10H8BrFO. The summed E-state index contributed by atoms with van der Waals surface area (Å²) in [7, 11) is 0. The summed E-state index contributed by atoms with van der Waals surface area (Å²) in [5, 5.41) is 0. The molecule has 0 aliphatic rings. The van der Waals surface area contributed by atoms with E-state index in [1.54, 1.807) is 12.1 Å². The van der Waals surface area contributed by atoms with Gasteiger partial charge in [0.25, 0.3) is 0 Å². The maximum atomic E-state index is 13.1. The van der Waals surface area contributed by atoms with E-state index in [9.17, 15) is 9.18 Å². The van der Waals surface area contributed by atoms with Crippen molar-refractivity contribution in [1.82, 2.24) is 0 Å². The number of allylic oxidation sites excluding steroid dienone is 1. The van der Waals surface area contributed by atoms with Gasteiger partial charge < -0.3 is 0 Å². The fraction of sp³-hybridized carbons (Fsp3) is 0.100. The van der Waals surface area contributed by atoms with Crippen molar-refractivity contribution in [1.29, 1.82) is 0 Å². The summed E-state index contributed by atoms with van der Waals surface area (Å²) in [6.45, 7) is 3.33. The highest BCUT2D eigenvalue weighted by Crippen LogP contribution is 2.16. The second-order valence-electron chi connectivity index (χ2n) is 2.58. The van der Waals surface area contributed by atoms with Crippen molar-refractivity contribution in [2.45, 2.75) is 6.42 Å². The second-order valence-corrected chi connectivity index (χ2v) is 3.50. The van der Waals surface area contributed by atoms with Crippen LogP contribution in [0.4, 0.5) is 4.39 Å². The van der Waals surface area contributed by atoms with E-state index in [0.717, 1.165) is 4.47 Å². The van der Waals surface area contributed by atoms with Gasteiger partial charge in [-0.15, -0.1) is 0 Å². The third-order valence-corrected chi connectivity index (χ3v) is 2.09. The number of hydrogen-bond donors (Lipinski definition) is 0. The van der Waals surface area contributed by atoms with Crippen LogP contribution in [0.2, 0.25) is 0 Å². The number of halogens is 2. The predicted molar refractivity (Wildman–Crippen MR) is 53.0 cm³/mol. The molecule has 68 valence electrons. The first-order valence-corrected chi connectivity index (χ1v) is 4.52. The van der Waals surface area contributed by atoms with Gasteiger partial charge in [0.2, 0.25) is 0 Å². The van der Waals surface area contributed by atoms with Gasteiger partial charge in [0.1, 0.15) is 5.82 Å². The smallest absolute Gasteiger partial charge is 0.159 e. The molecule has 0 bridgehead atoms. The van der Waals surface area contributed by atoms with Gasteiger partial charge in [0.15, 0.2) is 5.78 Å².